The Morgan fingerprint density at radius 3 is 2.43 bits per heavy atom. The van der Waals surface area contributed by atoms with Crippen molar-refractivity contribution in [3.63, 3.8) is 0 Å². The quantitative estimate of drug-likeness (QED) is 0.675. The van der Waals surface area contributed by atoms with Gasteiger partial charge in [-0.05, 0) is 42.7 Å². The molecule has 0 unspecified atom stereocenters. The maximum Gasteiger partial charge on any atom is 0.286 e. The third-order valence-corrected chi connectivity index (χ3v) is 6.22. The normalized spacial score (nSPS) is 14.5. The lowest BCUT2D eigenvalue weighted by Crippen LogP contribution is -2.38. The van der Waals surface area contributed by atoms with Gasteiger partial charge in [-0.2, -0.15) is 0 Å². The van der Waals surface area contributed by atoms with Crippen LogP contribution in [0.5, 0.6) is 0 Å². The number of aromatic nitrogens is 2. The van der Waals surface area contributed by atoms with Crippen molar-refractivity contribution in [2.75, 3.05) is 18.4 Å². The van der Waals surface area contributed by atoms with Crippen LogP contribution in [0.25, 0.3) is 0 Å². The first-order chi connectivity index (χ1) is 14.6. The molecule has 2 amide bonds. The fourth-order valence-electron chi connectivity index (χ4n) is 3.46. The molecule has 1 fully saturated rings. The third kappa shape index (κ3) is 4.88. The Bertz CT molecular complexity index is 1020. The fourth-order valence-corrected chi connectivity index (χ4v) is 4.37. The van der Waals surface area contributed by atoms with E-state index in [2.05, 4.69) is 15.5 Å². The first kappa shape index (κ1) is 20.2. The average molecular weight is 425 g/mol. The van der Waals surface area contributed by atoms with Gasteiger partial charge in [-0.25, -0.2) is 4.39 Å². The van der Waals surface area contributed by atoms with Crippen LogP contribution in [-0.4, -0.2) is 40.0 Å². The summed E-state index contributed by atoms with van der Waals surface area (Å²) in [6.07, 6.45) is 1.84. The summed E-state index contributed by atoms with van der Waals surface area (Å²) in [7, 11) is 0. The van der Waals surface area contributed by atoms with Gasteiger partial charge in [-0.1, -0.05) is 41.7 Å². The van der Waals surface area contributed by atoms with Crippen LogP contribution >= 0.6 is 11.3 Å². The highest BCUT2D eigenvalue weighted by molar-refractivity contribution is 7.13. The van der Waals surface area contributed by atoms with Crippen molar-refractivity contribution in [1.82, 2.24) is 15.1 Å². The summed E-state index contributed by atoms with van der Waals surface area (Å²) in [5.41, 5.74) is 1.52. The highest BCUT2D eigenvalue weighted by Gasteiger charge is 2.27. The van der Waals surface area contributed by atoms with Crippen molar-refractivity contribution in [3.8, 4) is 0 Å². The van der Waals surface area contributed by atoms with E-state index >= 15 is 0 Å². The number of anilines is 1. The monoisotopic (exact) mass is 424 g/mol. The summed E-state index contributed by atoms with van der Waals surface area (Å²) >= 11 is 1.31. The van der Waals surface area contributed by atoms with Gasteiger partial charge < -0.3 is 10.2 Å². The smallest absolute Gasteiger partial charge is 0.286 e. The molecule has 1 aliphatic heterocycles. The molecule has 4 rings (SSSR count). The predicted molar refractivity (Wildman–Crippen MR) is 113 cm³/mol. The number of rotatable bonds is 5. The Morgan fingerprint density at radius 2 is 1.73 bits per heavy atom. The molecule has 3 aromatic rings. The number of nitrogens with zero attached hydrogens (tertiary/aromatic N) is 3. The Labute approximate surface area is 177 Å². The van der Waals surface area contributed by atoms with Crippen LogP contribution in [0.1, 0.15) is 39.1 Å². The van der Waals surface area contributed by atoms with Crippen molar-refractivity contribution < 1.29 is 14.0 Å². The van der Waals surface area contributed by atoms with E-state index in [1.54, 1.807) is 12.1 Å². The number of halogens is 1. The molecule has 0 spiro atoms. The lowest BCUT2D eigenvalue weighted by atomic mass is 9.97. The topological polar surface area (TPSA) is 75.2 Å². The van der Waals surface area contributed by atoms with E-state index < -0.39 is 0 Å². The van der Waals surface area contributed by atoms with Gasteiger partial charge >= 0.3 is 0 Å². The molecule has 0 radical (unpaired) electrons. The Morgan fingerprint density at radius 1 is 1.03 bits per heavy atom. The first-order valence-corrected chi connectivity index (χ1v) is 10.6. The molecular formula is C22H21FN4O2S. The number of amides is 2. The molecule has 1 aromatic heterocycles. The number of likely N-dealkylation sites (tertiary alicyclic amines) is 1. The van der Waals surface area contributed by atoms with Crippen LogP contribution in [0.15, 0.2) is 54.6 Å². The van der Waals surface area contributed by atoms with Gasteiger partial charge in [0.15, 0.2) is 0 Å². The summed E-state index contributed by atoms with van der Waals surface area (Å²) in [6.45, 7) is 1.27. The molecule has 2 heterocycles. The van der Waals surface area contributed by atoms with Gasteiger partial charge in [0.25, 0.3) is 5.91 Å². The zero-order valence-corrected chi connectivity index (χ0v) is 17.1. The maximum absolute atomic E-state index is 13.0. The van der Waals surface area contributed by atoms with E-state index in [1.807, 2.05) is 35.2 Å². The molecule has 0 atom stereocenters. The molecule has 2 aromatic carbocycles. The van der Waals surface area contributed by atoms with Crippen LogP contribution in [0, 0.1) is 5.82 Å². The maximum atomic E-state index is 13.0. The standard InChI is InChI=1S/C22H21FN4O2S/c23-17-8-6-15(7-9-17)14-19(28)27-12-10-16(11-13-27)21-25-26-22(30-21)20(29)24-18-4-2-1-3-5-18/h1-9,16H,10-14H2,(H,24,29). The van der Waals surface area contributed by atoms with Crippen molar-refractivity contribution >= 4 is 28.8 Å². The third-order valence-electron chi connectivity index (χ3n) is 5.13. The number of carbonyl (C=O) groups excluding carboxylic acids is 2. The van der Waals surface area contributed by atoms with Crippen LogP contribution < -0.4 is 5.32 Å². The summed E-state index contributed by atoms with van der Waals surface area (Å²) in [6, 6.07) is 15.3. The van der Waals surface area contributed by atoms with Crippen LogP contribution in [0.4, 0.5) is 10.1 Å². The molecular weight excluding hydrogens is 403 g/mol. The molecule has 8 heteroatoms. The lowest BCUT2D eigenvalue weighted by Gasteiger charge is -2.31. The van der Waals surface area contributed by atoms with Gasteiger partial charge in [0, 0.05) is 24.7 Å². The Balaban J connectivity index is 1.30. The predicted octanol–water partition coefficient (Wildman–Crippen LogP) is 3.88. The zero-order valence-electron chi connectivity index (χ0n) is 16.3. The Kier molecular flexibility index (Phi) is 6.13. The fraction of sp³-hybridized carbons (Fsp3) is 0.273. The lowest BCUT2D eigenvalue weighted by molar-refractivity contribution is -0.131. The second-order valence-electron chi connectivity index (χ2n) is 7.22. The van der Waals surface area contributed by atoms with Crippen molar-refractivity contribution in [3.05, 3.63) is 76.0 Å². The molecule has 1 N–H and O–H groups in total. The van der Waals surface area contributed by atoms with E-state index in [4.69, 9.17) is 0 Å². The highest BCUT2D eigenvalue weighted by atomic mass is 32.1. The number of para-hydroxylation sites is 1. The second-order valence-corrected chi connectivity index (χ2v) is 8.23. The molecule has 6 nitrogen and oxygen atoms in total. The molecule has 1 aliphatic rings. The van der Waals surface area contributed by atoms with Gasteiger partial charge in [0.05, 0.1) is 6.42 Å². The molecule has 0 aliphatic carbocycles. The van der Waals surface area contributed by atoms with Gasteiger partial charge in [0.2, 0.25) is 10.9 Å². The van der Waals surface area contributed by atoms with E-state index in [1.165, 1.54) is 23.5 Å². The Hall–Kier alpha value is -3.13. The van der Waals surface area contributed by atoms with E-state index in [9.17, 15) is 14.0 Å². The SMILES string of the molecule is O=C(Nc1ccccc1)c1nnc(C2CCN(C(=O)Cc3ccc(F)cc3)CC2)s1. The molecule has 30 heavy (non-hydrogen) atoms. The zero-order chi connectivity index (χ0) is 20.9. The first-order valence-electron chi connectivity index (χ1n) is 9.80. The molecule has 154 valence electrons. The van der Waals surface area contributed by atoms with Crippen molar-refractivity contribution in [1.29, 1.82) is 0 Å². The largest absolute Gasteiger partial charge is 0.342 e. The number of nitrogens with one attached hydrogen (secondary N) is 1. The van der Waals surface area contributed by atoms with Gasteiger partial charge in [-0.3, -0.25) is 9.59 Å². The van der Waals surface area contributed by atoms with E-state index in [0.717, 1.165) is 23.4 Å². The minimum absolute atomic E-state index is 0.0419. The van der Waals surface area contributed by atoms with Crippen LogP contribution in [0.2, 0.25) is 0 Å². The summed E-state index contributed by atoms with van der Waals surface area (Å²) < 4.78 is 13.0. The van der Waals surface area contributed by atoms with Crippen LogP contribution in [-0.2, 0) is 11.2 Å². The van der Waals surface area contributed by atoms with E-state index in [0.29, 0.717) is 23.8 Å². The van der Waals surface area contributed by atoms with Crippen molar-refractivity contribution in [2.45, 2.75) is 25.2 Å². The summed E-state index contributed by atoms with van der Waals surface area (Å²) in [4.78, 5) is 26.7. The number of benzene rings is 2. The molecule has 1 saturated heterocycles. The molecule has 0 saturated carbocycles. The minimum Gasteiger partial charge on any atom is -0.342 e. The molecule has 0 bridgehead atoms. The number of piperidine rings is 1. The number of carbonyl (C=O) groups is 2. The second kappa shape index (κ2) is 9.13. The minimum atomic E-state index is -0.305. The van der Waals surface area contributed by atoms with E-state index in [-0.39, 0.29) is 30.0 Å². The summed E-state index contributed by atoms with van der Waals surface area (Å²) in [5, 5.41) is 12.3. The van der Waals surface area contributed by atoms with Gasteiger partial charge in [-0.15, -0.1) is 10.2 Å². The van der Waals surface area contributed by atoms with Crippen molar-refractivity contribution in [2.24, 2.45) is 0 Å². The summed E-state index contributed by atoms with van der Waals surface area (Å²) in [5.74, 6) is -0.339. The number of hydrogen-bond donors (Lipinski definition) is 1. The number of hydrogen-bond acceptors (Lipinski definition) is 5. The van der Waals surface area contributed by atoms with Crippen LogP contribution in [0.3, 0.4) is 0 Å². The average Bonchev–Trinajstić information content (AvgIpc) is 3.27. The highest BCUT2D eigenvalue weighted by Crippen LogP contribution is 2.30. The van der Waals surface area contributed by atoms with Gasteiger partial charge in [0.1, 0.15) is 10.8 Å².